The van der Waals surface area contributed by atoms with Crippen molar-refractivity contribution >= 4 is 28.7 Å². The number of nitrogens with two attached hydrogens (primary N) is 1. The van der Waals surface area contributed by atoms with Gasteiger partial charge < -0.3 is 11.1 Å². The summed E-state index contributed by atoms with van der Waals surface area (Å²) >= 11 is 0. The van der Waals surface area contributed by atoms with Crippen molar-refractivity contribution in [3.63, 3.8) is 0 Å². The van der Waals surface area contributed by atoms with Gasteiger partial charge in [0.1, 0.15) is 17.2 Å². The molecule has 1 amide bonds. The molecule has 0 aliphatic rings. The van der Waals surface area contributed by atoms with Gasteiger partial charge in [-0.05, 0) is 73.2 Å². The number of fused-ring (bicyclic) bond motifs is 1. The summed E-state index contributed by atoms with van der Waals surface area (Å²) in [5, 5.41) is 2.82. The zero-order valence-electron chi connectivity index (χ0n) is 17.2. The van der Waals surface area contributed by atoms with E-state index in [9.17, 15) is 4.79 Å². The average Bonchev–Trinajstić information content (AvgIpc) is 3.19. The molecule has 8 nitrogen and oxygen atoms in total. The number of carbonyl (C=O) groups excluding carboxylic acids is 1. The number of imidazole rings is 1. The second-order valence-electron chi connectivity index (χ2n) is 7.27. The number of hydrogen-bond acceptors (Lipinski definition) is 6. The summed E-state index contributed by atoms with van der Waals surface area (Å²) in [6.45, 7) is 1.95. The van der Waals surface area contributed by atoms with Gasteiger partial charge in [-0.1, -0.05) is 0 Å². The van der Waals surface area contributed by atoms with Crippen molar-refractivity contribution in [3.8, 4) is 17.1 Å². The summed E-state index contributed by atoms with van der Waals surface area (Å²) < 4.78 is 1.91. The number of carbonyl (C=O) groups is 1. The molecule has 0 unspecified atom stereocenters. The van der Waals surface area contributed by atoms with Crippen LogP contribution in [0.4, 0.5) is 11.6 Å². The Balaban J connectivity index is 1.54. The molecule has 156 valence electrons. The lowest BCUT2D eigenvalue weighted by Gasteiger charge is -2.11. The Morgan fingerprint density at radius 2 is 1.72 bits per heavy atom. The van der Waals surface area contributed by atoms with Gasteiger partial charge in [-0.2, -0.15) is 0 Å². The Hall–Kier alpha value is -4.59. The van der Waals surface area contributed by atoms with Crippen LogP contribution < -0.4 is 11.1 Å². The highest BCUT2D eigenvalue weighted by molar-refractivity contribution is 6.03. The molecule has 32 heavy (non-hydrogen) atoms. The van der Waals surface area contributed by atoms with Crippen LogP contribution in [-0.4, -0.2) is 30.4 Å². The quantitative estimate of drug-likeness (QED) is 0.453. The van der Waals surface area contributed by atoms with Crippen molar-refractivity contribution in [2.75, 3.05) is 11.1 Å². The minimum absolute atomic E-state index is 0.236. The van der Waals surface area contributed by atoms with Crippen LogP contribution in [0.1, 0.15) is 15.9 Å². The van der Waals surface area contributed by atoms with Crippen LogP contribution in [0.25, 0.3) is 28.2 Å². The van der Waals surface area contributed by atoms with Gasteiger partial charge in [-0.25, -0.2) is 19.9 Å². The highest BCUT2D eigenvalue weighted by Gasteiger charge is 2.18. The molecule has 0 bridgehead atoms. The molecule has 4 heterocycles. The molecule has 3 N–H and O–H groups in total. The normalized spacial score (nSPS) is 10.9. The summed E-state index contributed by atoms with van der Waals surface area (Å²) in [7, 11) is 0. The number of benzene rings is 1. The molecule has 0 spiro atoms. The molecule has 0 aliphatic heterocycles. The summed E-state index contributed by atoms with van der Waals surface area (Å²) in [5.41, 5.74) is 10.6. The van der Waals surface area contributed by atoms with Crippen molar-refractivity contribution in [1.29, 1.82) is 0 Å². The minimum atomic E-state index is -0.236. The fourth-order valence-electron chi connectivity index (χ4n) is 3.50. The van der Waals surface area contributed by atoms with Crippen LogP contribution >= 0.6 is 0 Å². The third kappa shape index (κ3) is 3.54. The molecule has 8 heteroatoms. The topological polar surface area (TPSA) is 112 Å². The van der Waals surface area contributed by atoms with Crippen molar-refractivity contribution in [2.45, 2.75) is 6.92 Å². The number of pyridine rings is 3. The number of amides is 1. The van der Waals surface area contributed by atoms with Crippen molar-refractivity contribution in [2.24, 2.45) is 0 Å². The van der Waals surface area contributed by atoms with Gasteiger partial charge in [0.2, 0.25) is 0 Å². The number of aromatic nitrogens is 5. The second kappa shape index (κ2) is 7.92. The zero-order chi connectivity index (χ0) is 22.1. The highest BCUT2D eigenvalue weighted by Crippen LogP contribution is 2.30. The van der Waals surface area contributed by atoms with E-state index in [1.807, 2.05) is 60.0 Å². The van der Waals surface area contributed by atoms with E-state index in [0.717, 1.165) is 16.8 Å². The highest BCUT2D eigenvalue weighted by atomic mass is 16.1. The smallest absolute Gasteiger partial charge is 0.256 e. The van der Waals surface area contributed by atoms with Gasteiger partial charge in [0.15, 0.2) is 11.5 Å². The van der Waals surface area contributed by atoms with E-state index in [2.05, 4.69) is 20.3 Å². The van der Waals surface area contributed by atoms with Crippen LogP contribution in [0.15, 0.2) is 79.3 Å². The predicted molar refractivity (Wildman–Crippen MR) is 123 cm³/mol. The lowest BCUT2D eigenvalue weighted by Crippen LogP contribution is -2.13. The van der Waals surface area contributed by atoms with E-state index < -0.39 is 0 Å². The maximum absolute atomic E-state index is 12.7. The molecule has 5 aromatic rings. The first-order valence-electron chi connectivity index (χ1n) is 9.99. The number of hydrogen-bond donors (Lipinski definition) is 2. The van der Waals surface area contributed by atoms with Crippen molar-refractivity contribution in [3.05, 3.63) is 90.4 Å². The number of nitrogens with one attached hydrogen (secondary N) is 1. The Morgan fingerprint density at radius 3 is 2.50 bits per heavy atom. The lowest BCUT2D eigenvalue weighted by atomic mass is 10.1. The molecule has 5 rings (SSSR count). The molecule has 0 fully saturated rings. The van der Waals surface area contributed by atoms with Crippen LogP contribution in [0.5, 0.6) is 0 Å². The van der Waals surface area contributed by atoms with E-state index in [1.165, 1.54) is 0 Å². The van der Waals surface area contributed by atoms with Gasteiger partial charge in [0.05, 0.1) is 5.56 Å². The molecular formula is C24H19N7O. The second-order valence-corrected chi connectivity index (χ2v) is 7.27. The molecule has 0 atom stereocenters. The van der Waals surface area contributed by atoms with E-state index >= 15 is 0 Å². The third-order valence-corrected chi connectivity index (χ3v) is 5.04. The van der Waals surface area contributed by atoms with Gasteiger partial charge in [0, 0.05) is 29.8 Å². The maximum atomic E-state index is 12.7. The first kappa shape index (κ1) is 19.4. The summed E-state index contributed by atoms with van der Waals surface area (Å²) in [4.78, 5) is 30.3. The van der Waals surface area contributed by atoms with E-state index in [4.69, 9.17) is 10.7 Å². The average molecular weight is 421 g/mol. The Labute approximate surface area is 183 Å². The largest absolute Gasteiger partial charge is 0.383 e. The molecule has 0 radical (unpaired) electrons. The van der Waals surface area contributed by atoms with Crippen LogP contribution in [0.2, 0.25) is 0 Å². The Kier molecular flexibility index (Phi) is 4.79. The molecule has 0 aliphatic carbocycles. The first-order valence-corrected chi connectivity index (χ1v) is 9.99. The summed E-state index contributed by atoms with van der Waals surface area (Å²) in [5.74, 6) is 1.29. The van der Waals surface area contributed by atoms with Crippen LogP contribution in [-0.2, 0) is 0 Å². The number of rotatable bonds is 4. The number of anilines is 2. The van der Waals surface area contributed by atoms with Crippen molar-refractivity contribution < 1.29 is 4.79 Å². The number of nitrogen functional groups attached to an aromatic ring is 1. The maximum Gasteiger partial charge on any atom is 0.256 e. The molecule has 1 aromatic carbocycles. The van der Waals surface area contributed by atoms with E-state index in [-0.39, 0.29) is 5.91 Å². The monoisotopic (exact) mass is 421 g/mol. The molecule has 0 saturated heterocycles. The SMILES string of the molecule is Cc1ccnc(NC(=O)c2ccc(-n3c(-c4cccnc4N)nc4cccnc43)cc2)c1. The summed E-state index contributed by atoms with van der Waals surface area (Å²) in [6.07, 6.45) is 5.02. The van der Waals surface area contributed by atoms with Crippen molar-refractivity contribution in [1.82, 2.24) is 24.5 Å². The van der Waals surface area contributed by atoms with Gasteiger partial charge >= 0.3 is 0 Å². The van der Waals surface area contributed by atoms with E-state index in [0.29, 0.717) is 34.2 Å². The third-order valence-electron chi connectivity index (χ3n) is 5.04. The first-order chi connectivity index (χ1) is 15.6. The standard InChI is InChI=1S/C24H19N7O/c1-15-10-13-26-20(14-15)30-24(32)16-6-8-17(9-7-16)31-22(18-4-2-11-27-21(18)25)29-19-5-3-12-28-23(19)31/h2-14H,1H3,(H2,25,27)(H,26,30,32). The molecular weight excluding hydrogens is 402 g/mol. The fourth-order valence-corrected chi connectivity index (χ4v) is 3.50. The zero-order valence-corrected chi connectivity index (χ0v) is 17.2. The lowest BCUT2D eigenvalue weighted by molar-refractivity contribution is 0.102. The fraction of sp³-hybridized carbons (Fsp3) is 0.0417. The van der Waals surface area contributed by atoms with Crippen LogP contribution in [0, 0.1) is 6.92 Å². The van der Waals surface area contributed by atoms with Crippen LogP contribution in [0.3, 0.4) is 0 Å². The minimum Gasteiger partial charge on any atom is -0.383 e. The number of aryl methyl sites for hydroxylation is 1. The summed E-state index contributed by atoms with van der Waals surface area (Å²) in [6, 6.07) is 18.3. The molecule has 4 aromatic heterocycles. The Bertz CT molecular complexity index is 1440. The molecule has 0 saturated carbocycles. The van der Waals surface area contributed by atoms with Gasteiger partial charge in [-0.3, -0.25) is 9.36 Å². The number of nitrogens with zero attached hydrogens (tertiary/aromatic N) is 5. The predicted octanol–water partition coefficient (Wildman–Crippen LogP) is 4.02. The van der Waals surface area contributed by atoms with Gasteiger partial charge in [-0.15, -0.1) is 0 Å². The van der Waals surface area contributed by atoms with Gasteiger partial charge in [0.25, 0.3) is 5.91 Å². The van der Waals surface area contributed by atoms with E-state index in [1.54, 1.807) is 30.7 Å². The Morgan fingerprint density at radius 1 is 0.938 bits per heavy atom.